The van der Waals surface area contributed by atoms with Gasteiger partial charge < -0.3 is 92.4 Å². The number of nitrogens with one attached hydrogen (secondary N) is 2. The third-order valence-electron chi connectivity index (χ3n) is 14.4. The zero-order valence-corrected chi connectivity index (χ0v) is 51.2. The van der Waals surface area contributed by atoms with Crippen molar-refractivity contribution in [2.24, 2.45) is 23.1 Å². The van der Waals surface area contributed by atoms with Crippen LogP contribution in [0.4, 0.5) is 9.59 Å². The van der Waals surface area contributed by atoms with Crippen molar-refractivity contribution < 1.29 is 74.1 Å². The lowest BCUT2D eigenvalue weighted by atomic mass is 9.83. The van der Waals surface area contributed by atoms with Gasteiger partial charge in [0.2, 0.25) is 0 Å². The Balaban J connectivity index is 0.000000245. The number of aliphatic hydroxyl groups is 8. The largest absolute Gasteiger partial charge is 0.444 e. The minimum atomic E-state index is -0.794. The highest BCUT2D eigenvalue weighted by Gasteiger charge is 2.56. The Morgan fingerprint density at radius 3 is 1.24 bits per heavy atom. The molecule has 0 aromatic carbocycles. The molecule has 3 heterocycles. The summed E-state index contributed by atoms with van der Waals surface area (Å²) in [5.41, 5.74) is 15.5. The molecule has 5 saturated carbocycles. The summed E-state index contributed by atoms with van der Waals surface area (Å²) in [6.07, 6.45) is 24.0. The molecule has 2 amide bonds. The van der Waals surface area contributed by atoms with Crippen molar-refractivity contribution in [2.45, 2.75) is 288 Å². The van der Waals surface area contributed by atoms with Crippen LogP contribution in [-0.4, -0.2) is 190 Å². The lowest BCUT2D eigenvalue weighted by Crippen LogP contribution is -2.55. The van der Waals surface area contributed by atoms with Crippen LogP contribution in [0, 0.1) is 5.92 Å². The first-order valence-electron chi connectivity index (χ1n) is 28.4. The second kappa shape index (κ2) is 34.6. The normalized spacial score (nSPS) is 39.7. The minimum Gasteiger partial charge on any atom is -0.444 e. The van der Waals surface area contributed by atoms with Crippen molar-refractivity contribution in [3.63, 3.8) is 0 Å². The topological polar surface area (TPSA) is 354 Å². The summed E-state index contributed by atoms with van der Waals surface area (Å²) in [6, 6.07) is -1.78. The third-order valence-corrected chi connectivity index (χ3v) is 16.4. The van der Waals surface area contributed by atoms with Crippen molar-refractivity contribution in [3.05, 3.63) is 49.1 Å². The van der Waals surface area contributed by atoms with Crippen molar-refractivity contribution >= 4 is 44.0 Å². The van der Waals surface area contributed by atoms with Crippen LogP contribution in [-0.2, 0) is 23.7 Å². The second-order valence-corrected chi connectivity index (χ2v) is 26.4. The number of amides is 2. The average Bonchev–Trinajstić information content (AvgIpc) is 4.38. The Morgan fingerprint density at radius 2 is 0.886 bits per heavy atom. The number of aliphatic hydroxyl groups excluding tert-OH is 8. The van der Waals surface area contributed by atoms with Gasteiger partial charge in [-0.1, -0.05) is 88.2 Å². The molecule has 10 aliphatic rings. The molecule has 0 aromatic heterocycles. The van der Waals surface area contributed by atoms with E-state index in [-0.39, 0.29) is 52.3 Å². The van der Waals surface area contributed by atoms with Crippen molar-refractivity contribution in [3.8, 4) is 0 Å². The number of allylic oxidation sites excluding steroid dienone is 6. The van der Waals surface area contributed by atoms with Gasteiger partial charge in [-0.2, -0.15) is 0 Å². The number of alkyl carbamates (subject to hydrolysis) is 2. The molecule has 10 rings (SSSR count). The summed E-state index contributed by atoms with van der Waals surface area (Å²) in [5.74, 6) is 0.0679. The number of alkyl halides is 2. The van der Waals surface area contributed by atoms with Gasteiger partial charge in [0, 0.05) is 66.3 Å². The Labute approximate surface area is 486 Å². The predicted octanol–water partition coefficient (Wildman–Crippen LogP) is 4.83. The maximum absolute atomic E-state index is 11.6. The summed E-state index contributed by atoms with van der Waals surface area (Å²) in [6.45, 7) is 18.1. The van der Waals surface area contributed by atoms with E-state index >= 15 is 0 Å². The number of nitrogens with two attached hydrogens (primary N) is 3. The van der Waals surface area contributed by atoms with Crippen LogP contribution in [0.3, 0.4) is 0 Å². The molecule has 3 saturated heterocycles. The highest BCUT2D eigenvalue weighted by atomic mass is 79.9. The third kappa shape index (κ3) is 28.8. The van der Waals surface area contributed by atoms with Crippen LogP contribution in [0.15, 0.2) is 49.1 Å². The van der Waals surface area contributed by atoms with Crippen LogP contribution < -0.4 is 27.8 Å². The molecule has 8 fully saturated rings. The van der Waals surface area contributed by atoms with Crippen molar-refractivity contribution in [1.29, 1.82) is 0 Å². The molecule has 0 radical (unpaired) electrons. The van der Waals surface area contributed by atoms with E-state index in [2.05, 4.69) is 86.4 Å². The first-order chi connectivity index (χ1) is 36.9. The number of epoxide rings is 3. The molecule has 16 N–H and O–H groups in total. The molecule has 20 nitrogen and oxygen atoms in total. The molecule has 0 unspecified atom stereocenters. The van der Waals surface area contributed by atoms with Gasteiger partial charge in [0.1, 0.15) is 11.2 Å². The van der Waals surface area contributed by atoms with Crippen molar-refractivity contribution in [2.75, 3.05) is 0 Å². The molecule has 0 bridgehead atoms. The molecule has 458 valence electrons. The van der Waals surface area contributed by atoms with E-state index < -0.39 is 72.1 Å². The summed E-state index contributed by atoms with van der Waals surface area (Å²) >= 11 is 6.74. The Morgan fingerprint density at radius 1 is 0.519 bits per heavy atom. The summed E-state index contributed by atoms with van der Waals surface area (Å²) in [5, 5.41) is 80.3. The molecule has 79 heavy (non-hydrogen) atoms. The molecule has 0 aromatic rings. The zero-order valence-electron chi connectivity index (χ0n) is 48.0. The van der Waals surface area contributed by atoms with Crippen LogP contribution in [0.2, 0.25) is 0 Å². The number of carbonyl (C=O) groups is 2. The van der Waals surface area contributed by atoms with Gasteiger partial charge in [-0.25, -0.2) is 9.59 Å². The highest BCUT2D eigenvalue weighted by molar-refractivity contribution is 9.09. The number of rotatable bonds is 3. The van der Waals surface area contributed by atoms with E-state index in [0.29, 0.717) is 68.7 Å². The standard InChI is InChI=1S/C12H23NO4.C11H22N2O4.C6H9BrO2.C6H9BrO.C6H14N2O2.C6H8O2.C6H8.C4H8/c1-7-5-8(10(15)6-9(7)14)13-11(16)17-12(2,3)4;1-11(2,3)17-10(16)13-7-4-6(12)8(14)5-9(7)15;7-3-1-5-6(9-5)2-4(3)8;7-5-3-1-2-4-6(5)8;7-3-1-4(8)6(10)2-5(3)9;1-3-5(7-3)2-6-4(1)8-6;1-2-4-6-5-3-1;1-3-4-2/h7-10,14-15H,5-6H2,1-4H3,(H,13,16);6-9,14-15H,4-5,12H2,1-3H3,(H,13,16);3-6,8H,1-2H2;1-2,5-6,8H,3-4H2;3-6,9-10H,1-2,7-8H2;3-6H,1-2H2;1-2,5-6H,3-4H2;3H,1,4H2,2H3/t7-,8+,9-,10+;6-,7+,8-,9+;3-,4-,5-,6+;5-,6-;3-,4+,5-,6+;3-,4+,5+,6-;;/m1011..../s1. The SMILES string of the molecule is C1=CCC=CC1.C1[C@@H]2O[C@@H]2C[C@@H]2O[C@H]12.C=CCC.CC(C)(C)OC(=O)N[C@@H]1C[C@H](N)[C@@H](O)C[C@H]1O.C[C@@H]1C[C@H](NC(=O)OC(C)(C)C)[C@@H](O)C[C@H]1O.N[C@@H]1C[C@H](N)[C@@H](O)C[C@H]1O.O[C@@H]1CC=CC[C@H]1Br.O[C@@H]1C[C@@H]2O[C@@H]2C[C@H]1Br. The maximum Gasteiger partial charge on any atom is 0.407 e. The number of halogens is 2. The molecular weight excluding hydrogens is 1150 g/mol. The lowest BCUT2D eigenvalue weighted by Gasteiger charge is -2.35. The minimum absolute atomic E-state index is 0.0679. The fraction of sp³-hybridized carbons (Fsp3) is 0.825. The van der Waals surface area contributed by atoms with Gasteiger partial charge in [-0.3, -0.25) is 0 Å². The smallest absolute Gasteiger partial charge is 0.407 e. The van der Waals surface area contributed by atoms with Gasteiger partial charge in [0.25, 0.3) is 0 Å². The summed E-state index contributed by atoms with van der Waals surface area (Å²) in [7, 11) is 0. The van der Waals surface area contributed by atoms with Crippen molar-refractivity contribution in [1.82, 2.24) is 10.6 Å². The quantitative estimate of drug-likeness (QED) is 0.102. The predicted molar refractivity (Wildman–Crippen MR) is 311 cm³/mol. The van der Waals surface area contributed by atoms with Gasteiger partial charge in [0.15, 0.2) is 0 Å². The number of hydrogen-bond acceptors (Lipinski definition) is 18. The monoisotopic (exact) mass is 1250 g/mol. The first-order valence-corrected chi connectivity index (χ1v) is 30.2. The summed E-state index contributed by atoms with van der Waals surface area (Å²) < 4.78 is 26.0. The van der Waals surface area contributed by atoms with Crippen LogP contribution in [0.1, 0.15) is 152 Å². The molecular formula is C57H101Br2N5O15. The molecule has 22 atom stereocenters. The molecule has 0 spiro atoms. The lowest BCUT2D eigenvalue weighted by molar-refractivity contribution is -0.0188. The number of fused-ring (bicyclic) bond motifs is 3. The average molecular weight is 1260 g/mol. The van der Waals surface area contributed by atoms with E-state index in [1.54, 1.807) is 41.5 Å². The fourth-order valence-corrected chi connectivity index (χ4v) is 10.3. The first kappa shape index (κ1) is 71.2. The Kier molecular flexibility index (Phi) is 31.2. The number of carbonyl (C=O) groups excluding carboxylic acids is 2. The molecule has 22 heteroatoms. The van der Waals surface area contributed by atoms with E-state index in [0.717, 1.165) is 44.9 Å². The van der Waals surface area contributed by atoms with Crippen LogP contribution in [0.5, 0.6) is 0 Å². The summed E-state index contributed by atoms with van der Waals surface area (Å²) in [4.78, 5) is 23.6. The molecule has 3 aliphatic heterocycles. The number of ether oxygens (including phenoxy) is 5. The van der Waals surface area contributed by atoms with Crippen LogP contribution in [0.25, 0.3) is 0 Å². The maximum atomic E-state index is 11.6. The number of hydrogen-bond donors (Lipinski definition) is 13. The molecule has 7 aliphatic carbocycles. The Bertz CT molecular complexity index is 1720. The van der Waals surface area contributed by atoms with Crippen LogP contribution >= 0.6 is 31.9 Å². The fourth-order valence-electron chi connectivity index (χ4n) is 9.32. The van der Waals surface area contributed by atoms with Gasteiger partial charge in [-0.05, 0) is 105 Å². The van der Waals surface area contributed by atoms with Gasteiger partial charge >= 0.3 is 12.2 Å². The van der Waals surface area contributed by atoms with Gasteiger partial charge in [0.05, 0.1) is 97.5 Å². The zero-order chi connectivity index (χ0) is 59.4. The Hall–Kier alpha value is -2.10. The van der Waals surface area contributed by atoms with E-state index in [1.165, 1.54) is 12.8 Å². The second-order valence-electron chi connectivity index (χ2n) is 24.1. The van der Waals surface area contributed by atoms with E-state index in [9.17, 15) is 35.1 Å². The van der Waals surface area contributed by atoms with Gasteiger partial charge in [-0.15, -0.1) is 6.58 Å². The highest BCUT2D eigenvalue weighted by Crippen LogP contribution is 2.46. The van der Waals surface area contributed by atoms with E-state index in [4.69, 9.17) is 56.2 Å². The van der Waals surface area contributed by atoms with E-state index in [1.807, 2.05) is 19.1 Å².